The van der Waals surface area contributed by atoms with Gasteiger partial charge in [0, 0.05) is 19.7 Å². The lowest BCUT2D eigenvalue weighted by molar-refractivity contribution is -0.138. The van der Waals surface area contributed by atoms with E-state index in [1.54, 1.807) is 24.1 Å². The highest BCUT2D eigenvalue weighted by Gasteiger charge is 2.12. The number of nitrogens with two attached hydrogens (primary N) is 1. The molecule has 0 amide bonds. The Labute approximate surface area is 94.1 Å². The summed E-state index contributed by atoms with van der Waals surface area (Å²) in [6, 6.07) is -0.839. The van der Waals surface area contributed by atoms with Crippen molar-refractivity contribution in [3.63, 3.8) is 0 Å². The predicted molar refractivity (Wildman–Crippen MR) is 57.0 cm³/mol. The van der Waals surface area contributed by atoms with Crippen LogP contribution in [0.4, 0.5) is 0 Å². The minimum Gasteiger partial charge on any atom is -0.480 e. The second-order valence-corrected chi connectivity index (χ2v) is 2.67. The second kappa shape index (κ2) is 6.64. The maximum atomic E-state index is 10.4. The fourth-order valence-electron chi connectivity index (χ4n) is 0.919. The van der Waals surface area contributed by atoms with Crippen LogP contribution >= 0.6 is 24.8 Å². The first kappa shape index (κ1) is 15.7. The molecular formula is C7H13Cl2N3O2. The zero-order valence-electron chi connectivity index (χ0n) is 7.58. The maximum absolute atomic E-state index is 10.4. The van der Waals surface area contributed by atoms with E-state index < -0.39 is 12.0 Å². The third kappa shape index (κ3) is 4.45. The van der Waals surface area contributed by atoms with Gasteiger partial charge >= 0.3 is 5.97 Å². The highest BCUT2D eigenvalue weighted by Crippen LogP contribution is 1.99. The highest BCUT2D eigenvalue weighted by atomic mass is 35.5. The van der Waals surface area contributed by atoms with Crippen LogP contribution in [0.3, 0.4) is 0 Å². The molecule has 0 aromatic carbocycles. The predicted octanol–water partition coefficient (Wildman–Crippen LogP) is 0.218. The lowest BCUT2D eigenvalue weighted by Gasteiger charge is -2.02. The number of aromatic nitrogens is 2. The van der Waals surface area contributed by atoms with Gasteiger partial charge in [-0.3, -0.25) is 9.48 Å². The summed E-state index contributed by atoms with van der Waals surface area (Å²) in [6.07, 6.45) is 3.69. The van der Waals surface area contributed by atoms with Crippen molar-refractivity contribution < 1.29 is 9.90 Å². The number of aliphatic carboxylic acids is 1. The summed E-state index contributed by atoms with van der Waals surface area (Å²) in [5, 5.41) is 12.4. The minimum atomic E-state index is -0.987. The molecule has 1 heterocycles. The Kier molecular flexibility index (Phi) is 7.44. The number of aryl methyl sites for hydroxylation is 1. The van der Waals surface area contributed by atoms with Crippen LogP contribution < -0.4 is 5.73 Å². The van der Waals surface area contributed by atoms with Crippen LogP contribution in [0.1, 0.15) is 5.56 Å². The summed E-state index contributed by atoms with van der Waals surface area (Å²) in [5.74, 6) is -0.987. The molecule has 3 N–H and O–H groups in total. The largest absolute Gasteiger partial charge is 0.480 e. The Morgan fingerprint density at radius 2 is 2.29 bits per heavy atom. The van der Waals surface area contributed by atoms with Crippen LogP contribution in [0.5, 0.6) is 0 Å². The second-order valence-electron chi connectivity index (χ2n) is 2.67. The molecule has 0 radical (unpaired) electrons. The number of carbonyl (C=O) groups is 1. The van der Waals surface area contributed by atoms with Gasteiger partial charge in [-0.25, -0.2) is 0 Å². The summed E-state index contributed by atoms with van der Waals surface area (Å²) in [5.41, 5.74) is 6.16. The van der Waals surface area contributed by atoms with Gasteiger partial charge in [-0.15, -0.1) is 24.8 Å². The van der Waals surface area contributed by atoms with Gasteiger partial charge in [0.2, 0.25) is 0 Å². The molecule has 1 rings (SSSR count). The molecule has 14 heavy (non-hydrogen) atoms. The molecule has 0 fully saturated rings. The highest BCUT2D eigenvalue weighted by molar-refractivity contribution is 5.85. The van der Waals surface area contributed by atoms with E-state index in [2.05, 4.69) is 5.10 Å². The van der Waals surface area contributed by atoms with Crippen LogP contribution in [0.25, 0.3) is 0 Å². The Bertz CT molecular complexity index is 290. The zero-order valence-corrected chi connectivity index (χ0v) is 9.22. The van der Waals surface area contributed by atoms with Crippen molar-refractivity contribution in [2.45, 2.75) is 12.5 Å². The third-order valence-corrected chi connectivity index (χ3v) is 1.53. The fourth-order valence-corrected chi connectivity index (χ4v) is 0.919. The number of hydrogen-bond acceptors (Lipinski definition) is 3. The molecule has 1 aromatic heterocycles. The maximum Gasteiger partial charge on any atom is 0.320 e. The molecule has 0 spiro atoms. The van der Waals surface area contributed by atoms with Crippen LogP contribution in [0.2, 0.25) is 0 Å². The average Bonchev–Trinajstić information content (AvgIpc) is 2.35. The van der Waals surface area contributed by atoms with Crippen molar-refractivity contribution in [2.75, 3.05) is 0 Å². The van der Waals surface area contributed by atoms with E-state index >= 15 is 0 Å². The summed E-state index contributed by atoms with van der Waals surface area (Å²) >= 11 is 0. The van der Waals surface area contributed by atoms with E-state index in [9.17, 15) is 4.79 Å². The normalized spacial score (nSPS) is 11.0. The van der Waals surface area contributed by atoms with Crippen molar-refractivity contribution in [3.05, 3.63) is 18.0 Å². The molecule has 0 bridgehead atoms. The average molecular weight is 242 g/mol. The van der Waals surface area contributed by atoms with E-state index in [-0.39, 0.29) is 24.8 Å². The number of halogens is 2. The number of rotatable bonds is 3. The fraction of sp³-hybridized carbons (Fsp3) is 0.429. The third-order valence-electron chi connectivity index (χ3n) is 1.53. The van der Waals surface area contributed by atoms with Crippen LogP contribution in [0, 0.1) is 0 Å². The van der Waals surface area contributed by atoms with Crippen molar-refractivity contribution in [2.24, 2.45) is 12.8 Å². The Hall–Kier alpha value is -0.780. The van der Waals surface area contributed by atoms with Gasteiger partial charge in [-0.2, -0.15) is 5.10 Å². The molecule has 0 aliphatic carbocycles. The van der Waals surface area contributed by atoms with E-state index in [4.69, 9.17) is 10.8 Å². The molecule has 1 aromatic rings. The molecule has 0 unspecified atom stereocenters. The molecule has 0 aliphatic heterocycles. The van der Waals surface area contributed by atoms with Gasteiger partial charge in [-0.05, 0) is 5.56 Å². The van der Waals surface area contributed by atoms with E-state index in [0.29, 0.717) is 6.42 Å². The van der Waals surface area contributed by atoms with Gasteiger partial charge in [0.15, 0.2) is 0 Å². The molecule has 5 nitrogen and oxygen atoms in total. The lowest BCUT2D eigenvalue weighted by Crippen LogP contribution is -2.32. The van der Waals surface area contributed by atoms with Crippen molar-refractivity contribution in [1.29, 1.82) is 0 Å². The number of nitrogens with zero attached hydrogens (tertiary/aromatic N) is 2. The van der Waals surface area contributed by atoms with E-state index in [1.165, 1.54) is 0 Å². The Morgan fingerprint density at radius 1 is 1.71 bits per heavy atom. The molecule has 0 saturated heterocycles. The van der Waals surface area contributed by atoms with Gasteiger partial charge in [0.05, 0.1) is 6.20 Å². The summed E-state index contributed by atoms with van der Waals surface area (Å²) in [6.45, 7) is 0. The summed E-state index contributed by atoms with van der Waals surface area (Å²) in [7, 11) is 1.77. The quantitative estimate of drug-likeness (QED) is 0.794. The smallest absolute Gasteiger partial charge is 0.320 e. The van der Waals surface area contributed by atoms with Gasteiger partial charge in [0.25, 0.3) is 0 Å². The standard InChI is InChI=1S/C7H11N3O2.2ClH/c1-10-4-5(3-9-10)2-6(8)7(11)12;;/h3-4,6H,2,8H2,1H3,(H,11,12);2*1H/t6-;;/m0../s1. The molecule has 82 valence electrons. The number of carboxylic acid groups (broad SMARTS) is 1. The van der Waals surface area contributed by atoms with Crippen molar-refractivity contribution >= 4 is 30.8 Å². The molecule has 1 atom stereocenters. The first-order valence-electron chi connectivity index (χ1n) is 3.55. The zero-order chi connectivity index (χ0) is 9.14. The monoisotopic (exact) mass is 241 g/mol. The Morgan fingerprint density at radius 3 is 2.64 bits per heavy atom. The van der Waals surface area contributed by atoms with Crippen molar-refractivity contribution in [1.82, 2.24) is 9.78 Å². The topological polar surface area (TPSA) is 81.1 Å². The molecule has 0 saturated carbocycles. The molecule has 0 aliphatic rings. The number of hydrogen-bond donors (Lipinski definition) is 2. The Balaban J connectivity index is 0. The van der Waals surface area contributed by atoms with Crippen LogP contribution in [-0.2, 0) is 18.3 Å². The summed E-state index contributed by atoms with van der Waals surface area (Å²) < 4.78 is 1.61. The van der Waals surface area contributed by atoms with Gasteiger partial charge in [-0.1, -0.05) is 0 Å². The first-order valence-corrected chi connectivity index (χ1v) is 3.55. The number of carboxylic acids is 1. The lowest BCUT2D eigenvalue weighted by atomic mass is 10.1. The van der Waals surface area contributed by atoms with Gasteiger partial charge < -0.3 is 10.8 Å². The molecule has 7 heteroatoms. The summed E-state index contributed by atoms with van der Waals surface area (Å²) in [4.78, 5) is 10.4. The minimum absolute atomic E-state index is 0. The van der Waals surface area contributed by atoms with Gasteiger partial charge in [0.1, 0.15) is 6.04 Å². The van der Waals surface area contributed by atoms with Crippen molar-refractivity contribution in [3.8, 4) is 0 Å². The molecular weight excluding hydrogens is 229 g/mol. The SMILES string of the molecule is Cl.Cl.Cn1cc(C[C@H](N)C(=O)O)cn1. The van der Waals surface area contributed by atoms with E-state index in [0.717, 1.165) is 5.56 Å². The van der Waals surface area contributed by atoms with E-state index in [1.807, 2.05) is 0 Å². The van der Waals surface area contributed by atoms with Crippen LogP contribution in [-0.4, -0.2) is 26.9 Å². The first-order chi connectivity index (χ1) is 5.59. The van der Waals surface area contributed by atoms with Crippen LogP contribution in [0.15, 0.2) is 12.4 Å².